The standard InChI is InChI=1S/C12H14NS/c1-3-13-10(2)14-9-12(13)11-7-5-4-6-8-11/h4-9H,3H2,1-2H3/q+1. The molecule has 0 aliphatic carbocycles. The molecule has 0 bridgehead atoms. The van der Waals surface area contributed by atoms with Gasteiger partial charge >= 0.3 is 0 Å². The summed E-state index contributed by atoms with van der Waals surface area (Å²) in [4.78, 5) is 0. The zero-order valence-corrected chi connectivity index (χ0v) is 9.34. The Hall–Kier alpha value is -1.15. The lowest BCUT2D eigenvalue weighted by molar-refractivity contribution is -0.683. The van der Waals surface area contributed by atoms with Crippen LogP contribution in [0.1, 0.15) is 11.9 Å². The van der Waals surface area contributed by atoms with Crippen molar-refractivity contribution in [1.82, 2.24) is 0 Å². The van der Waals surface area contributed by atoms with Crippen LogP contribution in [0.5, 0.6) is 0 Å². The van der Waals surface area contributed by atoms with E-state index in [1.165, 1.54) is 16.3 Å². The van der Waals surface area contributed by atoms with Crippen molar-refractivity contribution >= 4 is 11.3 Å². The smallest absolute Gasteiger partial charge is 0.186 e. The topological polar surface area (TPSA) is 3.88 Å². The molecular weight excluding hydrogens is 190 g/mol. The van der Waals surface area contributed by atoms with Crippen LogP contribution in [0.4, 0.5) is 0 Å². The van der Waals surface area contributed by atoms with Crippen molar-refractivity contribution in [2.24, 2.45) is 0 Å². The number of thiazole rings is 1. The molecule has 14 heavy (non-hydrogen) atoms. The summed E-state index contributed by atoms with van der Waals surface area (Å²) in [5, 5.41) is 3.60. The van der Waals surface area contributed by atoms with E-state index in [9.17, 15) is 0 Å². The number of aromatic nitrogens is 1. The Morgan fingerprint density at radius 2 is 1.93 bits per heavy atom. The number of rotatable bonds is 2. The number of benzene rings is 1. The van der Waals surface area contributed by atoms with Crippen LogP contribution in [0.25, 0.3) is 11.3 Å². The summed E-state index contributed by atoms with van der Waals surface area (Å²) in [6.45, 7) is 5.40. The number of aryl methyl sites for hydroxylation is 1. The zero-order chi connectivity index (χ0) is 9.97. The molecule has 1 nitrogen and oxygen atoms in total. The summed E-state index contributed by atoms with van der Waals surface area (Å²) in [7, 11) is 0. The Bertz CT molecular complexity index is 417. The molecule has 1 aromatic heterocycles. The first-order chi connectivity index (χ1) is 6.83. The number of hydrogen-bond donors (Lipinski definition) is 0. The van der Waals surface area contributed by atoms with E-state index < -0.39 is 0 Å². The molecular formula is C12H14NS+. The molecule has 1 aromatic carbocycles. The molecule has 0 unspecified atom stereocenters. The highest BCUT2D eigenvalue weighted by Crippen LogP contribution is 2.19. The number of hydrogen-bond acceptors (Lipinski definition) is 1. The van der Waals surface area contributed by atoms with Gasteiger partial charge in [0.25, 0.3) is 0 Å². The first kappa shape index (κ1) is 9.41. The minimum atomic E-state index is 1.04. The molecule has 0 atom stereocenters. The van der Waals surface area contributed by atoms with Crippen LogP contribution in [-0.4, -0.2) is 0 Å². The maximum atomic E-state index is 2.35. The van der Waals surface area contributed by atoms with E-state index >= 15 is 0 Å². The van der Waals surface area contributed by atoms with Crippen LogP contribution >= 0.6 is 11.3 Å². The summed E-state index contributed by atoms with van der Waals surface area (Å²) in [6.07, 6.45) is 0. The van der Waals surface area contributed by atoms with E-state index in [4.69, 9.17) is 0 Å². The van der Waals surface area contributed by atoms with Gasteiger partial charge in [-0.1, -0.05) is 29.5 Å². The Labute approximate surface area is 88.7 Å². The van der Waals surface area contributed by atoms with Crippen molar-refractivity contribution in [2.75, 3.05) is 0 Å². The first-order valence-electron chi connectivity index (χ1n) is 4.86. The average Bonchev–Trinajstić information content (AvgIpc) is 2.61. The SMILES string of the molecule is CC[n+]1c(-c2ccccc2)csc1C. The highest BCUT2D eigenvalue weighted by Gasteiger charge is 2.15. The molecule has 0 fully saturated rings. The predicted molar refractivity (Wildman–Crippen MR) is 60.4 cm³/mol. The molecule has 1 heterocycles. The Balaban J connectivity index is 2.52. The van der Waals surface area contributed by atoms with Gasteiger partial charge in [-0.25, -0.2) is 0 Å². The molecule has 0 saturated heterocycles. The molecule has 0 aliphatic rings. The van der Waals surface area contributed by atoms with Gasteiger partial charge in [-0.05, 0) is 19.1 Å². The van der Waals surface area contributed by atoms with Crippen molar-refractivity contribution in [2.45, 2.75) is 20.4 Å². The second-order valence-corrected chi connectivity index (χ2v) is 4.31. The van der Waals surface area contributed by atoms with Gasteiger partial charge in [-0.15, -0.1) is 0 Å². The lowest BCUT2D eigenvalue weighted by Gasteiger charge is -1.96. The highest BCUT2D eigenvalue weighted by molar-refractivity contribution is 7.09. The van der Waals surface area contributed by atoms with Crippen molar-refractivity contribution in [3.8, 4) is 11.3 Å². The quantitative estimate of drug-likeness (QED) is 0.662. The third-order valence-electron chi connectivity index (χ3n) is 2.40. The lowest BCUT2D eigenvalue weighted by Crippen LogP contribution is -2.35. The van der Waals surface area contributed by atoms with Crippen molar-refractivity contribution < 1.29 is 4.57 Å². The van der Waals surface area contributed by atoms with E-state index in [0.717, 1.165) is 6.54 Å². The molecule has 0 radical (unpaired) electrons. The summed E-state index contributed by atoms with van der Waals surface area (Å²) >= 11 is 1.81. The maximum absolute atomic E-state index is 2.35. The van der Waals surface area contributed by atoms with Gasteiger partial charge in [0.05, 0.1) is 5.38 Å². The maximum Gasteiger partial charge on any atom is 0.234 e. The van der Waals surface area contributed by atoms with Crippen LogP contribution in [0, 0.1) is 6.92 Å². The molecule has 2 rings (SSSR count). The summed E-state index contributed by atoms with van der Waals surface area (Å²) in [6, 6.07) is 10.5. The monoisotopic (exact) mass is 204 g/mol. The Kier molecular flexibility index (Phi) is 2.64. The fraction of sp³-hybridized carbons (Fsp3) is 0.250. The van der Waals surface area contributed by atoms with E-state index in [1.807, 2.05) is 11.3 Å². The Morgan fingerprint density at radius 1 is 1.21 bits per heavy atom. The van der Waals surface area contributed by atoms with Crippen LogP contribution < -0.4 is 4.57 Å². The van der Waals surface area contributed by atoms with Gasteiger partial charge < -0.3 is 0 Å². The minimum absolute atomic E-state index is 1.04. The van der Waals surface area contributed by atoms with Gasteiger partial charge in [0.2, 0.25) is 10.7 Å². The van der Waals surface area contributed by atoms with Crippen molar-refractivity contribution in [1.29, 1.82) is 0 Å². The highest BCUT2D eigenvalue weighted by atomic mass is 32.1. The van der Waals surface area contributed by atoms with Gasteiger partial charge in [0.15, 0.2) is 0 Å². The predicted octanol–water partition coefficient (Wildman–Crippen LogP) is 3.03. The van der Waals surface area contributed by atoms with Gasteiger partial charge in [0.1, 0.15) is 6.54 Å². The Morgan fingerprint density at radius 3 is 2.57 bits per heavy atom. The van der Waals surface area contributed by atoms with E-state index in [0.29, 0.717) is 0 Å². The van der Waals surface area contributed by atoms with Crippen LogP contribution in [-0.2, 0) is 6.54 Å². The van der Waals surface area contributed by atoms with Crippen molar-refractivity contribution in [3.63, 3.8) is 0 Å². The van der Waals surface area contributed by atoms with Crippen LogP contribution in [0.15, 0.2) is 35.7 Å². The third-order valence-corrected chi connectivity index (χ3v) is 3.30. The molecule has 2 heteroatoms. The zero-order valence-electron chi connectivity index (χ0n) is 8.53. The molecule has 0 spiro atoms. The molecule has 0 aliphatic heterocycles. The fourth-order valence-corrected chi connectivity index (χ4v) is 2.56. The largest absolute Gasteiger partial charge is 0.234 e. The summed E-state index contributed by atoms with van der Waals surface area (Å²) in [5.74, 6) is 0. The molecule has 0 saturated carbocycles. The normalized spacial score (nSPS) is 10.4. The molecule has 72 valence electrons. The van der Waals surface area contributed by atoms with Crippen molar-refractivity contribution in [3.05, 3.63) is 40.7 Å². The second-order valence-electron chi connectivity index (χ2n) is 3.25. The summed E-state index contributed by atoms with van der Waals surface area (Å²) in [5.41, 5.74) is 2.63. The second kappa shape index (κ2) is 3.93. The average molecular weight is 204 g/mol. The van der Waals surface area contributed by atoms with E-state index in [1.54, 1.807) is 0 Å². The van der Waals surface area contributed by atoms with E-state index in [-0.39, 0.29) is 0 Å². The molecule has 0 amide bonds. The molecule has 0 N–H and O–H groups in total. The van der Waals surface area contributed by atoms with E-state index in [2.05, 4.69) is 54.1 Å². The van der Waals surface area contributed by atoms with Gasteiger partial charge in [-0.3, -0.25) is 0 Å². The minimum Gasteiger partial charge on any atom is -0.186 e. The first-order valence-corrected chi connectivity index (χ1v) is 5.74. The van der Waals surface area contributed by atoms with Gasteiger partial charge in [-0.2, -0.15) is 4.57 Å². The van der Waals surface area contributed by atoms with Gasteiger partial charge in [0, 0.05) is 12.5 Å². The fourth-order valence-electron chi connectivity index (χ4n) is 1.66. The number of nitrogens with zero attached hydrogens (tertiary/aromatic N) is 1. The van der Waals surface area contributed by atoms with Crippen LogP contribution in [0.3, 0.4) is 0 Å². The summed E-state index contributed by atoms with van der Waals surface area (Å²) < 4.78 is 2.35. The molecule has 2 aromatic rings. The lowest BCUT2D eigenvalue weighted by atomic mass is 10.2. The van der Waals surface area contributed by atoms with Crippen LogP contribution in [0.2, 0.25) is 0 Å². The third kappa shape index (κ3) is 1.58.